The molecule has 386 valence electrons. The van der Waals surface area contributed by atoms with Crippen molar-refractivity contribution in [1.29, 1.82) is 0 Å². The predicted octanol–water partition coefficient (Wildman–Crippen LogP) is 8.30. The molecular formula is C52H64Cl4N10O6. The molecule has 16 nitrogen and oxygen atoms in total. The smallest absolute Gasteiger partial charge is 0.314 e. The molecule has 4 heterocycles. The molecule has 2 aliphatic heterocycles. The molecule has 20 heteroatoms. The maximum Gasteiger partial charge on any atom is 0.314 e. The first-order valence-corrected chi connectivity index (χ1v) is 26.1. The molecule has 4 N–H and O–H groups in total. The van der Waals surface area contributed by atoms with Gasteiger partial charge in [0.1, 0.15) is 0 Å². The zero-order chi connectivity index (χ0) is 50.4. The van der Waals surface area contributed by atoms with E-state index < -0.39 is 0 Å². The van der Waals surface area contributed by atoms with Crippen molar-refractivity contribution in [1.82, 2.24) is 50.6 Å². The van der Waals surface area contributed by atoms with E-state index in [4.69, 9.17) is 65.4 Å². The Labute approximate surface area is 440 Å². The summed E-state index contributed by atoms with van der Waals surface area (Å²) in [6, 6.07) is 20.2. The molecule has 0 fully saturated rings. The van der Waals surface area contributed by atoms with Gasteiger partial charge < -0.3 is 50.0 Å². The topological polar surface area (TPSA) is 161 Å². The highest BCUT2D eigenvalue weighted by Gasteiger charge is 2.29. The number of ether oxygens (including phenoxy) is 4. The van der Waals surface area contributed by atoms with Crippen LogP contribution in [0, 0.1) is 0 Å². The van der Waals surface area contributed by atoms with Gasteiger partial charge in [0.2, 0.25) is 0 Å². The van der Waals surface area contributed by atoms with Crippen molar-refractivity contribution in [2.45, 2.75) is 50.9 Å². The van der Waals surface area contributed by atoms with E-state index in [1.165, 1.54) is 22.3 Å². The lowest BCUT2D eigenvalue weighted by Crippen LogP contribution is -2.39. The van der Waals surface area contributed by atoms with E-state index in [1.54, 1.807) is 0 Å². The molecule has 2 atom stereocenters. The summed E-state index contributed by atoms with van der Waals surface area (Å²) >= 11 is 26.1. The number of benzene rings is 4. The number of hydrogen-bond donors (Lipinski definition) is 4. The summed E-state index contributed by atoms with van der Waals surface area (Å²) in [6.07, 6.45) is 5.19. The summed E-state index contributed by atoms with van der Waals surface area (Å²) < 4.78 is 26.9. The summed E-state index contributed by atoms with van der Waals surface area (Å²) in [5.41, 5.74) is 9.08. The minimum Gasteiger partial charge on any atom is -0.377 e. The molecule has 0 aliphatic carbocycles. The lowest BCUT2D eigenvalue weighted by Gasteiger charge is -2.33. The summed E-state index contributed by atoms with van der Waals surface area (Å²) in [6.45, 7) is 9.63. The van der Waals surface area contributed by atoms with Gasteiger partial charge in [0.05, 0.1) is 89.4 Å². The molecule has 2 aromatic heterocycles. The fourth-order valence-electron chi connectivity index (χ4n) is 9.42. The summed E-state index contributed by atoms with van der Waals surface area (Å²) in [7, 11) is 4.22. The van der Waals surface area contributed by atoms with Gasteiger partial charge in [0.15, 0.2) is 0 Å². The first-order valence-electron chi connectivity index (χ1n) is 24.6. The molecule has 0 radical (unpaired) electrons. The number of urea groups is 2. The van der Waals surface area contributed by atoms with E-state index in [0.29, 0.717) is 125 Å². The monoisotopic (exact) mass is 1060 g/mol. The SMILES string of the molecule is CN1Cc2c(Cl)cc(Cl)cc2C(c2ccc3cnn(CCOCCOCCNC(=O)NCCCCNC(=O)NCCOCCOCCn4ncc5ccc(C6CN(C)Cc7c(Cl)cc(Cl)cc76)cc54)c3c2)C1. The van der Waals surface area contributed by atoms with E-state index >= 15 is 0 Å². The summed E-state index contributed by atoms with van der Waals surface area (Å²) in [5, 5.41) is 25.3. The Balaban J connectivity index is 0.600. The number of halogens is 4. The Morgan fingerprint density at radius 1 is 0.542 bits per heavy atom. The van der Waals surface area contributed by atoms with Crippen LogP contribution in [0.15, 0.2) is 73.1 Å². The molecule has 2 unspecified atom stereocenters. The standard InChI is InChI=1S/C52H64Cl4N10O6/c1-63-31-43(41-25-39(53)27-47(55)45(41)33-63)35-5-7-37-29-61-65(49(37)23-35)13-17-71-21-19-69-15-11-59-51(67)57-9-3-4-10-58-52(68)60-12-16-70-20-22-72-18-14-66-50-24-36(6-8-38(50)30-62-66)44-32-64(2)34-46-42(44)26-40(54)28-48(46)56/h5-8,23-30,43-44H,3-4,9-22,31-34H2,1-2H3,(H2,57,59,67)(H2,58,60,68). The van der Waals surface area contributed by atoms with Crippen LogP contribution in [0.3, 0.4) is 0 Å². The molecule has 72 heavy (non-hydrogen) atoms. The summed E-state index contributed by atoms with van der Waals surface area (Å²) in [4.78, 5) is 28.9. The average molecular weight is 1070 g/mol. The Hall–Kier alpha value is -4.72. The zero-order valence-electron chi connectivity index (χ0n) is 40.9. The Kier molecular flexibility index (Phi) is 19.7. The molecule has 6 aromatic rings. The van der Waals surface area contributed by atoms with Crippen molar-refractivity contribution < 1.29 is 28.5 Å². The third kappa shape index (κ3) is 14.5. The molecule has 2 aliphatic rings. The number of likely N-dealkylation sites (N-methyl/N-ethyl adjacent to an activating group) is 2. The number of carbonyl (C=O) groups is 2. The molecular weight excluding hydrogens is 1000 g/mol. The molecule has 8 rings (SSSR count). The van der Waals surface area contributed by atoms with E-state index in [9.17, 15) is 9.59 Å². The third-order valence-corrected chi connectivity index (χ3v) is 14.1. The minimum absolute atomic E-state index is 0.145. The number of nitrogens with zero attached hydrogens (tertiary/aromatic N) is 6. The summed E-state index contributed by atoms with van der Waals surface area (Å²) in [5.74, 6) is 0.290. The van der Waals surface area contributed by atoms with Gasteiger partial charge in [-0.2, -0.15) is 10.2 Å². The van der Waals surface area contributed by atoms with Gasteiger partial charge in [0.25, 0.3) is 0 Å². The van der Waals surface area contributed by atoms with Crippen LogP contribution in [0.4, 0.5) is 9.59 Å². The van der Waals surface area contributed by atoms with E-state index in [-0.39, 0.29) is 23.9 Å². The Bertz CT molecular complexity index is 2590. The first-order chi connectivity index (χ1) is 35.0. The third-order valence-electron chi connectivity index (χ3n) is 13.0. The van der Waals surface area contributed by atoms with Crippen LogP contribution < -0.4 is 21.3 Å². The van der Waals surface area contributed by atoms with Crippen molar-refractivity contribution in [3.05, 3.63) is 127 Å². The average Bonchev–Trinajstić information content (AvgIpc) is 3.97. The molecule has 0 bridgehead atoms. The van der Waals surface area contributed by atoms with Crippen molar-refractivity contribution in [3.8, 4) is 0 Å². The second kappa shape index (κ2) is 26.5. The minimum atomic E-state index is -0.263. The maximum atomic E-state index is 12.2. The van der Waals surface area contributed by atoms with Crippen LogP contribution >= 0.6 is 46.4 Å². The largest absolute Gasteiger partial charge is 0.377 e. The molecule has 0 saturated heterocycles. The number of fused-ring (bicyclic) bond motifs is 4. The van der Waals surface area contributed by atoms with Gasteiger partial charge >= 0.3 is 12.1 Å². The van der Waals surface area contributed by atoms with E-state index in [2.05, 4.69) is 91.8 Å². The Morgan fingerprint density at radius 3 is 1.38 bits per heavy atom. The number of nitrogens with one attached hydrogen (secondary N) is 4. The Morgan fingerprint density at radius 2 is 0.944 bits per heavy atom. The molecule has 0 saturated carbocycles. The highest BCUT2D eigenvalue weighted by atomic mass is 35.5. The fourth-order valence-corrected chi connectivity index (χ4v) is 10.6. The highest BCUT2D eigenvalue weighted by Crippen LogP contribution is 2.41. The van der Waals surface area contributed by atoms with Gasteiger partial charge in [-0.3, -0.25) is 9.36 Å². The van der Waals surface area contributed by atoms with Crippen molar-refractivity contribution in [2.75, 3.05) is 106 Å². The van der Waals surface area contributed by atoms with Crippen LogP contribution in [0.5, 0.6) is 0 Å². The molecule has 0 spiro atoms. The van der Waals surface area contributed by atoms with Crippen LogP contribution in [-0.2, 0) is 45.1 Å². The number of hydrogen-bond acceptors (Lipinski definition) is 10. The molecule has 4 amide bonds. The van der Waals surface area contributed by atoms with Gasteiger partial charge in [-0.15, -0.1) is 0 Å². The highest BCUT2D eigenvalue weighted by molar-refractivity contribution is 6.35. The number of amides is 4. The van der Waals surface area contributed by atoms with Gasteiger partial charge in [-0.25, -0.2) is 9.59 Å². The number of aromatic nitrogens is 4. The zero-order valence-corrected chi connectivity index (χ0v) is 43.9. The fraction of sp³-hybridized carbons (Fsp3) is 0.462. The second-order valence-corrected chi connectivity index (χ2v) is 20.0. The maximum absolute atomic E-state index is 12.2. The quantitative estimate of drug-likeness (QED) is 0.0411. The number of unbranched alkanes of at least 4 members (excludes halogenated alkanes) is 1. The van der Waals surface area contributed by atoms with Crippen molar-refractivity contribution >= 4 is 80.3 Å². The van der Waals surface area contributed by atoms with Crippen molar-refractivity contribution in [2.24, 2.45) is 0 Å². The van der Waals surface area contributed by atoms with Crippen LogP contribution in [0.25, 0.3) is 21.8 Å². The normalized spacial score (nSPS) is 16.0. The van der Waals surface area contributed by atoms with Crippen LogP contribution in [0.1, 0.15) is 58.1 Å². The molecule has 4 aromatic carbocycles. The second-order valence-electron chi connectivity index (χ2n) is 18.3. The van der Waals surface area contributed by atoms with Gasteiger partial charge in [-0.05, 0) is 96.7 Å². The van der Waals surface area contributed by atoms with Gasteiger partial charge in [-0.1, -0.05) is 70.7 Å². The lowest BCUT2D eigenvalue weighted by molar-refractivity contribution is 0.0458. The predicted molar refractivity (Wildman–Crippen MR) is 284 cm³/mol. The number of rotatable bonds is 25. The lowest BCUT2D eigenvalue weighted by atomic mass is 9.84. The van der Waals surface area contributed by atoms with Gasteiger partial charge in [0, 0.05) is 95.1 Å². The van der Waals surface area contributed by atoms with Crippen LogP contribution in [-0.4, -0.2) is 148 Å². The van der Waals surface area contributed by atoms with Crippen molar-refractivity contribution in [3.63, 3.8) is 0 Å². The van der Waals surface area contributed by atoms with E-state index in [0.717, 1.165) is 59.1 Å². The number of carbonyl (C=O) groups excluding carboxylic acids is 2. The first kappa shape index (κ1) is 53.6. The van der Waals surface area contributed by atoms with Crippen LogP contribution in [0.2, 0.25) is 20.1 Å². The van der Waals surface area contributed by atoms with E-state index in [1.807, 2.05) is 46.0 Å².